The Balaban J connectivity index is 1.63. The molecule has 2 aliphatic rings. The van der Waals surface area contributed by atoms with Gasteiger partial charge in [0, 0.05) is 18.2 Å². The van der Waals surface area contributed by atoms with Gasteiger partial charge in [-0.3, -0.25) is 9.59 Å². The van der Waals surface area contributed by atoms with Gasteiger partial charge in [0.2, 0.25) is 11.8 Å². The largest absolute Gasteiger partial charge is 0.326 e. The molecular weight excluding hydrogens is 321 g/mol. The van der Waals surface area contributed by atoms with Crippen molar-refractivity contribution in [2.45, 2.75) is 44.9 Å². The minimum atomic E-state index is -0.485. The van der Waals surface area contributed by atoms with Crippen LogP contribution in [-0.4, -0.2) is 24.9 Å². The number of benzene rings is 1. The predicted molar refractivity (Wildman–Crippen MR) is 95.8 cm³/mol. The molecule has 1 aromatic rings. The Labute approximate surface area is 147 Å². The highest BCUT2D eigenvalue weighted by molar-refractivity contribution is 5.96. The van der Waals surface area contributed by atoms with Crippen molar-refractivity contribution >= 4 is 23.2 Å². The minimum absolute atomic E-state index is 0.0419. The fraction of sp³-hybridized carbons (Fsp3) is 0.579. The molecule has 5 nitrogen and oxygen atoms in total. The number of carbonyl (C=O) groups is 2. The summed E-state index contributed by atoms with van der Waals surface area (Å²) >= 11 is 0. The van der Waals surface area contributed by atoms with E-state index in [0.29, 0.717) is 12.2 Å². The van der Waals surface area contributed by atoms with Crippen molar-refractivity contribution in [2.24, 2.45) is 11.8 Å². The van der Waals surface area contributed by atoms with E-state index in [0.717, 1.165) is 51.5 Å². The SMILES string of the molecule is O=C(Nc1ccc(F)c(NC(=O)C2CCCCC2)c1)C1CCCNC1. The second kappa shape index (κ2) is 8.43. The monoisotopic (exact) mass is 347 g/mol. The average Bonchev–Trinajstić information content (AvgIpc) is 2.66. The van der Waals surface area contributed by atoms with Crippen LogP contribution in [0.4, 0.5) is 15.8 Å². The van der Waals surface area contributed by atoms with Gasteiger partial charge in [0.05, 0.1) is 11.6 Å². The first-order chi connectivity index (χ1) is 12.1. The van der Waals surface area contributed by atoms with E-state index in [1.807, 2.05) is 0 Å². The van der Waals surface area contributed by atoms with Crippen molar-refractivity contribution in [2.75, 3.05) is 23.7 Å². The summed E-state index contributed by atoms with van der Waals surface area (Å²) in [5, 5.41) is 8.74. The third-order valence-corrected chi connectivity index (χ3v) is 5.14. The highest BCUT2D eigenvalue weighted by atomic mass is 19.1. The summed E-state index contributed by atoms with van der Waals surface area (Å²) < 4.78 is 14.1. The quantitative estimate of drug-likeness (QED) is 0.783. The molecule has 6 heteroatoms. The Morgan fingerprint density at radius 2 is 1.68 bits per heavy atom. The highest BCUT2D eigenvalue weighted by Gasteiger charge is 2.23. The molecule has 1 unspecified atom stereocenters. The number of carbonyl (C=O) groups excluding carboxylic acids is 2. The normalized spacial score (nSPS) is 21.6. The summed E-state index contributed by atoms with van der Waals surface area (Å²) in [6.07, 6.45) is 6.81. The molecule has 25 heavy (non-hydrogen) atoms. The van der Waals surface area contributed by atoms with Crippen molar-refractivity contribution in [1.82, 2.24) is 5.32 Å². The zero-order chi connectivity index (χ0) is 17.6. The van der Waals surface area contributed by atoms with E-state index in [1.54, 1.807) is 0 Å². The fourth-order valence-corrected chi connectivity index (χ4v) is 3.62. The van der Waals surface area contributed by atoms with Crippen molar-refractivity contribution in [1.29, 1.82) is 0 Å². The van der Waals surface area contributed by atoms with E-state index in [1.165, 1.54) is 18.2 Å². The first-order valence-electron chi connectivity index (χ1n) is 9.25. The molecule has 0 spiro atoms. The van der Waals surface area contributed by atoms with Crippen LogP contribution in [0.1, 0.15) is 44.9 Å². The molecule has 1 aliphatic heterocycles. The molecular formula is C19H26FN3O2. The van der Waals surface area contributed by atoms with E-state index < -0.39 is 5.82 Å². The number of hydrogen-bond donors (Lipinski definition) is 3. The standard InChI is InChI=1S/C19H26FN3O2/c20-16-9-8-15(22-19(25)14-7-4-10-21-12-14)11-17(16)23-18(24)13-5-2-1-3-6-13/h8-9,11,13-14,21H,1-7,10,12H2,(H,22,25)(H,23,24). The summed E-state index contributed by atoms with van der Waals surface area (Å²) in [6.45, 7) is 1.61. The molecule has 2 fully saturated rings. The number of piperidine rings is 1. The summed E-state index contributed by atoms with van der Waals surface area (Å²) in [4.78, 5) is 24.6. The topological polar surface area (TPSA) is 70.2 Å². The summed E-state index contributed by atoms with van der Waals surface area (Å²) in [7, 11) is 0. The molecule has 3 rings (SSSR count). The third kappa shape index (κ3) is 4.78. The van der Waals surface area contributed by atoms with Crippen molar-refractivity contribution in [3.8, 4) is 0 Å². The molecule has 1 heterocycles. The number of nitrogens with one attached hydrogen (secondary N) is 3. The Morgan fingerprint density at radius 3 is 2.40 bits per heavy atom. The van der Waals surface area contributed by atoms with Gasteiger partial charge in [-0.1, -0.05) is 19.3 Å². The van der Waals surface area contributed by atoms with Crippen LogP contribution in [0.25, 0.3) is 0 Å². The van der Waals surface area contributed by atoms with Crippen molar-refractivity contribution in [3.05, 3.63) is 24.0 Å². The maximum Gasteiger partial charge on any atom is 0.228 e. The lowest BCUT2D eigenvalue weighted by atomic mass is 9.88. The predicted octanol–water partition coefficient (Wildman–Crippen LogP) is 3.28. The lowest BCUT2D eigenvalue weighted by molar-refractivity contribution is -0.121. The smallest absolute Gasteiger partial charge is 0.228 e. The Bertz CT molecular complexity index is 623. The molecule has 1 aliphatic carbocycles. The van der Waals surface area contributed by atoms with Crippen LogP contribution in [-0.2, 0) is 9.59 Å². The minimum Gasteiger partial charge on any atom is -0.326 e. The number of anilines is 2. The van der Waals surface area contributed by atoms with Crippen LogP contribution < -0.4 is 16.0 Å². The summed E-state index contributed by atoms with van der Waals surface area (Å²) in [6, 6.07) is 4.31. The van der Waals surface area contributed by atoms with Gasteiger partial charge in [-0.15, -0.1) is 0 Å². The third-order valence-electron chi connectivity index (χ3n) is 5.14. The van der Waals surface area contributed by atoms with E-state index in [-0.39, 0.29) is 29.3 Å². The number of amides is 2. The number of hydrogen-bond acceptors (Lipinski definition) is 3. The Hall–Kier alpha value is -1.95. The molecule has 1 aromatic carbocycles. The molecule has 136 valence electrons. The second-order valence-electron chi connectivity index (χ2n) is 7.05. The van der Waals surface area contributed by atoms with Gasteiger partial charge in [-0.2, -0.15) is 0 Å². The first-order valence-corrected chi connectivity index (χ1v) is 9.25. The Kier molecular flexibility index (Phi) is 6.02. The van der Waals surface area contributed by atoms with Crippen LogP contribution >= 0.6 is 0 Å². The van der Waals surface area contributed by atoms with Crippen LogP contribution in [0.2, 0.25) is 0 Å². The molecule has 0 aromatic heterocycles. The van der Waals surface area contributed by atoms with Crippen molar-refractivity contribution < 1.29 is 14.0 Å². The van der Waals surface area contributed by atoms with E-state index in [2.05, 4.69) is 16.0 Å². The average molecular weight is 347 g/mol. The van der Waals surface area contributed by atoms with Gasteiger partial charge >= 0.3 is 0 Å². The molecule has 2 amide bonds. The molecule has 1 atom stereocenters. The second-order valence-corrected chi connectivity index (χ2v) is 7.05. The molecule has 0 radical (unpaired) electrons. The molecule has 1 saturated heterocycles. The van der Waals surface area contributed by atoms with Crippen LogP contribution in [0.3, 0.4) is 0 Å². The molecule has 0 bridgehead atoms. The molecule has 1 saturated carbocycles. The fourth-order valence-electron chi connectivity index (χ4n) is 3.62. The highest BCUT2D eigenvalue weighted by Crippen LogP contribution is 2.27. The maximum atomic E-state index is 14.1. The maximum absolute atomic E-state index is 14.1. The Morgan fingerprint density at radius 1 is 0.960 bits per heavy atom. The lowest BCUT2D eigenvalue weighted by Gasteiger charge is -2.22. The van der Waals surface area contributed by atoms with Gasteiger partial charge < -0.3 is 16.0 Å². The van der Waals surface area contributed by atoms with Crippen molar-refractivity contribution in [3.63, 3.8) is 0 Å². The van der Waals surface area contributed by atoms with Gasteiger partial charge in [-0.05, 0) is 50.4 Å². The summed E-state index contributed by atoms with van der Waals surface area (Å²) in [5.74, 6) is -0.790. The zero-order valence-corrected chi connectivity index (χ0v) is 14.4. The number of halogens is 1. The van der Waals surface area contributed by atoms with Crippen LogP contribution in [0.15, 0.2) is 18.2 Å². The lowest BCUT2D eigenvalue weighted by Crippen LogP contribution is -2.37. The van der Waals surface area contributed by atoms with E-state index in [4.69, 9.17) is 0 Å². The van der Waals surface area contributed by atoms with Gasteiger partial charge in [0.1, 0.15) is 5.82 Å². The summed E-state index contributed by atoms with van der Waals surface area (Å²) in [5.41, 5.74) is 0.645. The van der Waals surface area contributed by atoms with Crippen LogP contribution in [0, 0.1) is 17.7 Å². The number of rotatable bonds is 4. The first kappa shape index (κ1) is 17.9. The van der Waals surface area contributed by atoms with E-state index >= 15 is 0 Å². The molecule has 3 N–H and O–H groups in total. The van der Waals surface area contributed by atoms with Gasteiger partial charge in [0.25, 0.3) is 0 Å². The van der Waals surface area contributed by atoms with Crippen LogP contribution in [0.5, 0.6) is 0 Å². The zero-order valence-electron chi connectivity index (χ0n) is 14.4. The van der Waals surface area contributed by atoms with Gasteiger partial charge in [-0.25, -0.2) is 4.39 Å². The van der Waals surface area contributed by atoms with Gasteiger partial charge in [0.15, 0.2) is 0 Å². The van der Waals surface area contributed by atoms with E-state index in [9.17, 15) is 14.0 Å².